The van der Waals surface area contributed by atoms with Crippen molar-refractivity contribution >= 4 is 49.1 Å². The lowest BCUT2D eigenvalue weighted by atomic mass is 10.1. The molecule has 0 atom stereocenters. The minimum atomic E-state index is 0.653. The molecule has 0 bridgehead atoms. The fourth-order valence-corrected chi connectivity index (χ4v) is 5.15. The SMILES string of the molecule is Cn1c(-c2ccc(C#N)cc2)nc2ccc3c4cccc5c6ccccc6n(c54)c3c21. The topological polar surface area (TPSA) is 46.0 Å². The maximum atomic E-state index is 9.12. The van der Waals surface area contributed by atoms with Gasteiger partial charge in [0.15, 0.2) is 0 Å². The summed E-state index contributed by atoms with van der Waals surface area (Å²) in [6.45, 7) is 0. The number of nitriles is 1. The van der Waals surface area contributed by atoms with Crippen LogP contribution in [0.25, 0.3) is 60.5 Å². The van der Waals surface area contributed by atoms with Gasteiger partial charge in [-0.3, -0.25) is 0 Å². The minimum absolute atomic E-state index is 0.653. The second-order valence-electron chi connectivity index (χ2n) is 8.07. The average molecular weight is 396 g/mol. The number of aryl methyl sites for hydroxylation is 1. The van der Waals surface area contributed by atoms with E-state index in [0.717, 1.165) is 22.4 Å². The van der Waals surface area contributed by atoms with Crippen LogP contribution in [-0.4, -0.2) is 14.0 Å². The summed E-state index contributed by atoms with van der Waals surface area (Å²) >= 11 is 0. The number of rotatable bonds is 1. The van der Waals surface area contributed by atoms with Crippen LogP contribution >= 0.6 is 0 Å². The van der Waals surface area contributed by atoms with Gasteiger partial charge in [0, 0.05) is 34.2 Å². The van der Waals surface area contributed by atoms with Gasteiger partial charge >= 0.3 is 0 Å². The van der Waals surface area contributed by atoms with E-state index in [1.165, 1.54) is 38.1 Å². The minimum Gasteiger partial charge on any atom is -0.325 e. The molecule has 0 amide bonds. The number of nitrogens with zero attached hydrogens (tertiary/aromatic N) is 4. The zero-order valence-corrected chi connectivity index (χ0v) is 16.8. The Kier molecular flexibility index (Phi) is 2.98. The van der Waals surface area contributed by atoms with E-state index in [-0.39, 0.29) is 0 Å². The summed E-state index contributed by atoms with van der Waals surface area (Å²) in [6, 6.07) is 29.3. The highest BCUT2D eigenvalue weighted by Gasteiger charge is 2.21. The molecule has 0 radical (unpaired) electrons. The first kappa shape index (κ1) is 16.4. The highest BCUT2D eigenvalue weighted by atomic mass is 15.1. The van der Waals surface area contributed by atoms with Crippen LogP contribution in [0.5, 0.6) is 0 Å². The molecule has 0 saturated carbocycles. The molecule has 144 valence electrons. The molecule has 0 aliphatic rings. The third kappa shape index (κ3) is 1.95. The number of para-hydroxylation sites is 2. The molecule has 0 saturated heterocycles. The second kappa shape index (κ2) is 5.62. The van der Waals surface area contributed by atoms with Crippen LogP contribution in [-0.2, 0) is 7.05 Å². The summed E-state index contributed by atoms with van der Waals surface area (Å²) in [5.41, 5.74) is 7.43. The van der Waals surface area contributed by atoms with Crippen molar-refractivity contribution < 1.29 is 0 Å². The number of fused-ring (bicyclic) bond motifs is 8. The Morgan fingerprint density at radius 3 is 2.23 bits per heavy atom. The fraction of sp³-hybridized carbons (Fsp3) is 0.0370. The second-order valence-corrected chi connectivity index (χ2v) is 8.07. The maximum absolute atomic E-state index is 9.12. The standard InChI is InChI=1S/C27H16N4/c1-30-26-22(29-27(30)17-11-9-16(15-28)10-12-17)14-13-21-20-7-4-6-19-18-5-2-3-8-23(18)31(24(19)20)25(21)26/h2-14H,1H3. The molecule has 0 fully saturated rings. The van der Waals surface area contributed by atoms with E-state index >= 15 is 0 Å². The van der Waals surface area contributed by atoms with Gasteiger partial charge in [-0.25, -0.2) is 4.98 Å². The Balaban J connectivity index is 1.69. The molecule has 31 heavy (non-hydrogen) atoms. The van der Waals surface area contributed by atoms with Crippen molar-refractivity contribution in [3.8, 4) is 17.5 Å². The molecule has 3 heterocycles. The molecule has 4 heteroatoms. The van der Waals surface area contributed by atoms with Crippen LogP contribution < -0.4 is 0 Å². The third-order valence-electron chi connectivity index (χ3n) is 6.49. The molecule has 3 aromatic heterocycles. The predicted molar refractivity (Wildman–Crippen MR) is 126 cm³/mol. The predicted octanol–water partition coefficient (Wildman–Crippen LogP) is 6.26. The quantitative estimate of drug-likeness (QED) is 0.329. The maximum Gasteiger partial charge on any atom is 0.140 e. The van der Waals surface area contributed by atoms with Crippen molar-refractivity contribution in [1.29, 1.82) is 5.26 Å². The number of aromatic nitrogens is 3. The van der Waals surface area contributed by atoms with E-state index in [4.69, 9.17) is 10.2 Å². The molecule has 4 aromatic carbocycles. The van der Waals surface area contributed by atoms with Crippen molar-refractivity contribution in [2.75, 3.05) is 0 Å². The van der Waals surface area contributed by atoms with Crippen molar-refractivity contribution in [3.05, 3.63) is 84.4 Å². The van der Waals surface area contributed by atoms with Crippen LogP contribution in [0.15, 0.2) is 78.9 Å². The molecule has 0 aliphatic carbocycles. The average Bonchev–Trinajstić information content (AvgIpc) is 3.45. The van der Waals surface area contributed by atoms with Crippen LogP contribution in [0.1, 0.15) is 5.56 Å². The van der Waals surface area contributed by atoms with Gasteiger partial charge < -0.3 is 8.97 Å². The lowest BCUT2D eigenvalue weighted by Crippen LogP contribution is -1.94. The molecule has 0 spiro atoms. The Morgan fingerprint density at radius 2 is 1.42 bits per heavy atom. The molecule has 0 unspecified atom stereocenters. The molecular weight excluding hydrogens is 380 g/mol. The van der Waals surface area contributed by atoms with Crippen LogP contribution in [0, 0.1) is 11.3 Å². The third-order valence-corrected chi connectivity index (χ3v) is 6.49. The lowest BCUT2D eigenvalue weighted by molar-refractivity contribution is 0.961. The monoisotopic (exact) mass is 396 g/mol. The normalized spacial score (nSPS) is 12.0. The molecule has 4 nitrogen and oxygen atoms in total. The Bertz CT molecular complexity index is 1840. The van der Waals surface area contributed by atoms with E-state index in [2.05, 4.69) is 76.7 Å². The number of imidazole rings is 1. The van der Waals surface area contributed by atoms with E-state index in [0.29, 0.717) is 5.56 Å². The van der Waals surface area contributed by atoms with Crippen molar-refractivity contribution in [3.63, 3.8) is 0 Å². The number of benzene rings is 4. The number of hydrogen-bond donors (Lipinski definition) is 0. The summed E-state index contributed by atoms with van der Waals surface area (Å²) in [4.78, 5) is 4.97. The summed E-state index contributed by atoms with van der Waals surface area (Å²) in [5.74, 6) is 0.900. The van der Waals surface area contributed by atoms with Crippen molar-refractivity contribution in [2.45, 2.75) is 0 Å². The first-order valence-electron chi connectivity index (χ1n) is 10.3. The molecule has 7 rings (SSSR count). The Hall–Kier alpha value is -4.36. The first-order chi connectivity index (χ1) is 15.3. The van der Waals surface area contributed by atoms with Gasteiger partial charge in [-0.2, -0.15) is 5.26 Å². The van der Waals surface area contributed by atoms with E-state index < -0.39 is 0 Å². The van der Waals surface area contributed by atoms with E-state index in [1.54, 1.807) is 0 Å². The molecular formula is C27H16N4. The van der Waals surface area contributed by atoms with Crippen molar-refractivity contribution in [1.82, 2.24) is 14.0 Å². The summed E-state index contributed by atoms with van der Waals surface area (Å²) in [7, 11) is 2.08. The van der Waals surface area contributed by atoms with Gasteiger partial charge in [-0.15, -0.1) is 0 Å². The van der Waals surface area contributed by atoms with Gasteiger partial charge in [0.05, 0.1) is 39.2 Å². The largest absolute Gasteiger partial charge is 0.325 e. The summed E-state index contributed by atoms with van der Waals surface area (Å²) < 4.78 is 4.59. The Morgan fingerprint density at radius 1 is 0.710 bits per heavy atom. The number of hydrogen-bond acceptors (Lipinski definition) is 2. The van der Waals surface area contributed by atoms with Gasteiger partial charge in [0.2, 0.25) is 0 Å². The van der Waals surface area contributed by atoms with Crippen LogP contribution in [0.2, 0.25) is 0 Å². The molecule has 0 aliphatic heterocycles. The van der Waals surface area contributed by atoms with E-state index in [9.17, 15) is 0 Å². The highest BCUT2D eigenvalue weighted by molar-refractivity contribution is 6.26. The molecule has 0 N–H and O–H groups in total. The summed E-state index contributed by atoms with van der Waals surface area (Å²) in [6.07, 6.45) is 0. The highest BCUT2D eigenvalue weighted by Crippen LogP contribution is 2.41. The van der Waals surface area contributed by atoms with Crippen LogP contribution in [0.3, 0.4) is 0 Å². The van der Waals surface area contributed by atoms with Gasteiger partial charge in [-0.05, 0) is 42.5 Å². The van der Waals surface area contributed by atoms with Gasteiger partial charge in [0.1, 0.15) is 5.82 Å². The smallest absolute Gasteiger partial charge is 0.140 e. The fourth-order valence-electron chi connectivity index (χ4n) is 5.15. The zero-order chi connectivity index (χ0) is 20.7. The van der Waals surface area contributed by atoms with E-state index in [1.807, 2.05) is 24.3 Å². The van der Waals surface area contributed by atoms with Gasteiger partial charge in [-0.1, -0.05) is 36.4 Å². The van der Waals surface area contributed by atoms with Gasteiger partial charge in [0.25, 0.3) is 0 Å². The lowest BCUT2D eigenvalue weighted by Gasteiger charge is -2.04. The van der Waals surface area contributed by atoms with Crippen LogP contribution in [0.4, 0.5) is 0 Å². The molecule has 7 aromatic rings. The zero-order valence-electron chi connectivity index (χ0n) is 16.8. The van der Waals surface area contributed by atoms with Crippen molar-refractivity contribution in [2.24, 2.45) is 7.05 Å². The summed E-state index contributed by atoms with van der Waals surface area (Å²) in [5, 5.41) is 14.2. The Labute approximate surface area is 177 Å². The first-order valence-corrected chi connectivity index (χ1v) is 10.3.